The number of allylic oxidation sites excluding steroid dienone is 2. The molecule has 8 nitrogen and oxygen atoms in total. The third-order valence-corrected chi connectivity index (χ3v) is 11.6. The van der Waals surface area contributed by atoms with E-state index in [0.717, 1.165) is 5.57 Å². The summed E-state index contributed by atoms with van der Waals surface area (Å²) in [4.78, 5) is 51.1. The van der Waals surface area contributed by atoms with Gasteiger partial charge in [-0.3, -0.25) is 19.2 Å². The SMILES string of the molecule is CC(CC(=O)C[C@](C)(O)C1=CC[C@]2(C)[C@]1(C)C(=O)C=C1[C@]23O[C@H]3CC2C(C)(CO)C(=O)CC[C@]12C)C(=O)O. The minimum atomic E-state index is -1.63. The number of hydrogen-bond acceptors (Lipinski definition) is 7. The van der Waals surface area contributed by atoms with Crippen molar-refractivity contribution in [3.05, 3.63) is 23.3 Å². The molecule has 5 aliphatic rings. The van der Waals surface area contributed by atoms with Crippen LogP contribution in [-0.4, -0.2) is 62.6 Å². The molecule has 9 atom stereocenters. The Morgan fingerprint density at radius 3 is 2.47 bits per heavy atom. The number of epoxide rings is 1. The lowest BCUT2D eigenvalue weighted by molar-refractivity contribution is -0.148. The number of carbonyl (C=O) groups excluding carboxylic acids is 3. The first-order valence-corrected chi connectivity index (χ1v) is 13.7. The second kappa shape index (κ2) is 7.95. The number of ether oxygens (including phenoxy) is 1. The van der Waals surface area contributed by atoms with Crippen LogP contribution in [0.4, 0.5) is 0 Å². The van der Waals surface area contributed by atoms with Crippen molar-refractivity contribution in [1.29, 1.82) is 0 Å². The van der Waals surface area contributed by atoms with E-state index in [1.807, 2.05) is 26.8 Å². The van der Waals surface area contributed by atoms with E-state index < -0.39 is 44.7 Å². The van der Waals surface area contributed by atoms with E-state index in [1.165, 1.54) is 13.8 Å². The topological polar surface area (TPSA) is 141 Å². The standard InChI is InChI=1S/C30H40O8/c1-16(24(35)36)11-17(32)14-27(4,37)18-7-10-28(5)29(18,6)22(34)12-20-25(2)9-8-21(33)26(3,15-31)19(25)13-23-30(20,28)38-23/h7,12,16,19,23,31,37H,8-11,13-15H2,1-6H3,(H,35,36)/t16?,19?,23-,25-,26?,27-,28+,29-,30+/m0/s1. The van der Waals surface area contributed by atoms with Crippen molar-refractivity contribution in [2.24, 2.45) is 33.5 Å². The zero-order valence-electron chi connectivity index (χ0n) is 23.2. The number of aliphatic hydroxyl groups is 2. The van der Waals surface area contributed by atoms with E-state index in [0.29, 0.717) is 31.3 Å². The van der Waals surface area contributed by atoms with Crippen LogP contribution in [0.1, 0.15) is 80.1 Å². The van der Waals surface area contributed by atoms with Gasteiger partial charge in [0.05, 0.1) is 35.1 Å². The molecule has 2 saturated carbocycles. The van der Waals surface area contributed by atoms with Gasteiger partial charge in [0, 0.05) is 24.7 Å². The van der Waals surface area contributed by atoms with Crippen LogP contribution < -0.4 is 0 Å². The van der Waals surface area contributed by atoms with Crippen LogP contribution in [0.5, 0.6) is 0 Å². The van der Waals surface area contributed by atoms with Gasteiger partial charge in [-0.1, -0.05) is 33.8 Å². The van der Waals surface area contributed by atoms with Gasteiger partial charge >= 0.3 is 5.97 Å². The summed E-state index contributed by atoms with van der Waals surface area (Å²) in [6.07, 6.45) is 4.89. The third-order valence-electron chi connectivity index (χ3n) is 11.6. The van der Waals surface area contributed by atoms with Gasteiger partial charge in [0.1, 0.15) is 17.2 Å². The highest BCUT2D eigenvalue weighted by atomic mass is 16.6. The van der Waals surface area contributed by atoms with Gasteiger partial charge in [0.25, 0.3) is 0 Å². The van der Waals surface area contributed by atoms with Crippen molar-refractivity contribution < 1.29 is 39.2 Å². The Morgan fingerprint density at radius 1 is 1.21 bits per heavy atom. The third kappa shape index (κ3) is 3.08. The molecule has 4 aliphatic carbocycles. The lowest BCUT2D eigenvalue weighted by Gasteiger charge is -2.60. The van der Waals surface area contributed by atoms with Crippen LogP contribution in [-0.2, 0) is 23.9 Å². The van der Waals surface area contributed by atoms with Crippen molar-refractivity contribution in [2.75, 3.05) is 6.61 Å². The van der Waals surface area contributed by atoms with E-state index in [1.54, 1.807) is 6.08 Å². The van der Waals surface area contributed by atoms with E-state index in [4.69, 9.17) is 4.74 Å². The number of ketones is 3. The minimum absolute atomic E-state index is 0.0529. The van der Waals surface area contributed by atoms with Gasteiger partial charge in [-0.25, -0.2) is 0 Å². The maximum absolute atomic E-state index is 14.2. The molecule has 0 aromatic rings. The van der Waals surface area contributed by atoms with E-state index >= 15 is 0 Å². The molecule has 0 bridgehead atoms. The fourth-order valence-corrected chi connectivity index (χ4v) is 9.06. The predicted octanol–water partition coefficient (Wildman–Crippen LogP) is 3.18. The minimum Gasteiger partial charge on any atom is -0.481 e. The quantitative estimate of drug-likeness (QED) is 0.338. The monoisotopic (exact) mass is 528 g/mol. The number of Topliss-reactive ketones (excluding diaryl/α,β-unsaturated/α-hetero) is 2. The number of carboxylic acid groups (broad SMARTS) is 1. The summed E-state index contributed by atoms with van der Waals surface area (Å²) in [5.41, 5.74) is -4.19. The molecule has 1 heterocycles. The second-order valence-electron chi connectivity index (χ2n) is 13.7. The fraction of sp³-hybridized carbons (Fsp3) is 0.733. The Labute approximate surface area is 223 Å². The number of hydrogen-bond donors (Lipinski definition) is 3. The van der Waals surface area contributed by atoms with Crippen LogP contribution in [0.3, 0.4) is 0 Å². The van der Waals surface area contributed by atoms with Gasteiger partial charge < -0.3 is 20.1 Å². The summed E-state index contributed by atoms with van der Waals surface area (Å²) < 4.78 is 6.59. The summed E-state index contributed by atoms with van der Waals surface area (Å²) in [6.45, 7) is 10.6. The van der Waals surface area contributed by atoms with E-state index in [-0.39, 0.29) is 48.8 Å². The highest BCUT2D eigenvalue weighted by Gasteiger charge is 2.83. The molecule has 1 spiro atoms. The molecular formula is C30H40O8. The summed E-state index contributed by atoms with van der Waals surface area (Å²) >= 11 is 0. The predicted molar refractivity (Wildman–Crippen MR) is 137 cm³/mol. The molecule has 3 fully saturated rings. The highest BCUT2D eigenvalue weighted by Crippen LogP contribution is 2.78. The summed E-state index contributed by atoms with van der Waals surface area (Å²) in [5, 5.41) is 31.1. The van der Waals surface area contributed by atoms with Gasteiger partial charge in [-0.15, -0.1) is 0 Å². The Balaban J connectivity index is 1.54. The molecule has 38 heavy (non-hydrogen) atoms. The molecule has 208 valence electrons. The van der Waals surface area contributed by atoms with Crippen LogP contribution in [0.15, 0.2) is 23.3 Å². The smallest absolute Gasteiger partial charge is 0.306 e. The number of carbonyl (C=O) groups is 4. The van der Waals surface area contributed by atoms with E-state index in [2.05, 4.69) is 6.92 Å². The molecule has 3 unspecified atom stereocenters. The maximum atomic E-state index is 14.2. The molecule has 0 aromatic heterocycles. The average molecular weight is 529 g/mol. The van der Waals surface area contributed by atoms with E-state index in [9.17, 15) is 34.5 Å². The van der Waals surface area contributed by atoms with Crippen LogP contribution in [0.2, 0.25) is 0 Å². The van der Waals surface area contributed by atoms with Crippen LogP contribution >= 0.6 is 0 Å². The number of rotatable bonds is 7. The van der Waals surface area contributed by atoms with Crippen LogP contribution in [0.25, 0.3) is 0 Å². The summed E-state index contributed by atoms with van der Waals surface area (Å²) in [6, 6.07) is 0. The fourth-order valence-electron chi connectivity index (χ4n) is 9.06. The number of aliphatic hydroxyl groups excluding tert-OH is 1. The second-order valence-corrected chi connectivity index (χ2v) is 13.7. The van der Waals surface area contributed by atoms with Gasteiger partial charge in [-0.2, -0.15) is 0 Å². The zero-order chi connectivity index (χ0) is 28.3. The van der Waals surface area contributed by atoms with Crippen molar-refractivity contribution in [2.45, 2.75) is 97.4 Å². The first-order chi connectivity index (χ1) is 17.5. The largest absolute Gasteiger partial charge is 0.481 e. The number of fused-ring (bicyclic) bond motifs is 3. The molecule has 0 radical (unpaired) electrons. The Bertz CT molecular complexity index is 1210. The molecule has 5 rings (SSSR count). The molecule has 0 amide bonds. The lowest BCUT2D eigenvalue weighted by Crippen LogP contribution is -2.64. The van der Waals surface area contributed by atoms with Gasteiger partial charge in [-0.05, 0) is 61.7 Å². The van der Waals surface area contributed by atoms with Crippen molar-refractivity contribution >= 4 is 23.3 Å². The van der Waals surface area contributed by atoms with Crippen molar-refractivity contribution in [3.8, 4) is 0 Å². The number of aliphatic carboxylic acids is 1. The normalized spacial score (nSPS) is 45.5. The Kier molecular flexibility index (Phi) is 5.73. The zero-order valence-corrected chi connectivity index (χ0v) is 23.2. The Hall–Kier alpha value is -2.16. The Morgan fingerprint density at radius 2 is 1.87 bits per heavy atom. The molecule has 1 aliphatic heterocycles. The summed E-state index contributed by atoms with van der Waals surface area (Å²) in [7, 11) is 0. The highest BCUT2D eigenvalue weighted by molar-refractivity contribution is 6.02. The lowest BCUT2D eigenvalue weighted by atomic mass is 9.40. The van der Waals surface area contributed by atoms with Crippen molar-refractivity contribution in [3.63, 3.8) is 0 Å². The molecular weight excluding hydrogens is 488 g/mol. The molecule has 1 saturated heterocycles. The number of carboxylic acids is 1. The van der Waals surface area contributed by atoms with Gasteiger partial charge in [0.2, 0.25) is 0 Å². The van der Waals surface area contributed by atoms with Crippen molar-refractivity contribution in [1.82, 2.24) is 0 Å². The summed E-state index contributed by atoms with van der Waals surface area (Å²) in [5.74, 6) is -2.56. The maximum Gasteiger partial charge on any atom is 0.306 e. The molecule has 0 aromatic carbocycles. The first kappa shape index (κ1) is 27.4. The average Bonchev–Trinajstić information content (AvgIpc) is 3.48. The molecule has 8 heteroatoms. The first-order valence-electron chi connectivity index (χ1n) is 13.7. The van der Waals surface area contributed by atoms with Crippen LogP contribution in [0, 0.1) is 33.5 Å². The molecule has 3 N–H and O–H groups in total. The van der Waals surface area contributed by atoms with Gasteiger partial charge in [0.15, 0.2) is 5.78 Å².